The second kappa shape index (κ2) is 9.25. The summed E-state index contributed by atoms with van der Waals surface area (Å²) in [6.07, 6.45) is 4.18. The Morgan fingerprint density at radius 3 is 2.49 bits per heavy atom. The molecule has 0 saturated carbocycles. The Morgan fingerprint density at radius 1 is 0.943 bits per heavy atom. The fraction of sp³-hybridized carbons (Fsp3) is 0.192. The fourth-order valence-corrected chi connectivity index (χ4v) is 4.09. The molecule has 0 fully saturated rings. The summed E-state index contributed by atoms with van der Waals surface area (Å²) in [4.78, 5) is 14.2. The Kier molecular flexibility index (Phi) is 5.98. The largest absolute Gasteiger partial charge is 0.486 e. The minimum atomic E-state index is -0.707. The highest BCUT2D eigenvalue weighted by Crippen LogP contribution is 2.39. The van der Waals surface area contributed by atoms with Gasteiger partial charge in [-0.15, -0.1) is 0 Å². The molecule has 2 aromatic carbocycles. The molecule has 178 valence electrons. The summed E-state index contributed by atoms with van der Waals surface area (Å²) in [5.74, 6) is -1.56. The first-order valence-corrected chi connectivity index (χ1v) is 11.1. The summed E-state index contributed by atoms with van der Waals surface area (Å²) < 4.78 is 49.9. The molecule has 0 saturated heterocycles. The van der Waals surface area contributed by atoms with Crippen LogP contribution >= 0.6 is 0 Å². The molecule has 0 radical (unpaired) electrons. The van der Waals surface area contributed by atoms with Gasteiger partial charge in [-0.1, -0.05) is 0 Å². The first-order valence-electron chi connectivity index (χ1n) is 11.1. The topological polar surface area (TPSA) is 63.2 Å². The van der Waals surface area contributed by atoms with Crippen LogP contribution in [-0.4, -0.2) is 34.1 Å². The van der Waals surface area contributed by atoms with Crippen LogP contribution in [0.15, 0.2) is 61.1 Å². The van der Waals surface area contributed by atoms with Crippen LogP contribution in [0, 0.1) is 17.5 Å². The van der Waals surface area contributed by atoms with Gasteiger partial charge in [-0.3, -0.25) is 4.98 Å². The summed E-state index contributed by atoms with van der Waals surface area (Å²) in [6, 6.07) is 11.0. The van der Waals surface area contributed by atoms with Crippen LogP contribution in [0.2, 0.25) is 0 Å². The van der Waals surface area contributed by atoms with Gasteiger partial charge in [-0.2, -0.15) is 0 Å². The maximum atomic E-state index is 14.9. The Labute approximate surface area is 200 Å². The third kappa shape index (κ3) is 4.49. The van der Waals surface area contributed by atoms with E-state index >= 15 is 0 Å². The van der Waals surface area contributed by atoms with Crippen molar-refractivity contribution in [3.8, 4) is 28.1 Å². The molecule has 0 spiro atoms. The van der Waals surface area contributed by atoms with E-state index in [9.17, 15) is 13.2 Å². The van der Waals surface area contributed by atoms with Gasteiger partial charge in [0.2, 0.25) is 5.95 Å². The summed E-state index contributed by atoms with van der Waals surface area (Å²) in [6.45, 7) is 4.94. The Morgan fingerprint density at radius 2 is 1.74 bits per heavy atom. The van der Waals surface area contributed by atoms with Crippen LogP contribution in [0.3, 0.4) is 0 Å². The average molecular weight is 477 g/mol. The van der Waals surface area contributed by atoms with Gasteiger partial charge in [0.25, 0.3) is 0 Å². The van der Waals surface area contributed by atoms with Crippen LogP contribution < -0.4 is 15.0 Å². The predicted octanol–water partition coefficient (Wildman–Crippen LogP) is 5.97. The number of rotatable bonds is 5. The molecule has 1 aliphatic heterocycles. The van der Waals surface area contributed by atoms with E-state index in [4.69, 9.17) is 4.74 Å². The van der Waals surface area contributed by atoms with Crippen LogP contribution in [-0.2, 0) is 0 Å². The lowest BCUT2D eigenvalue weighted by molar-refractivity contribution is 0.287. The zero-order valence-electron chi connectivity index (χ0n) is 19.1. The average Bonchev–Trinajstić information content (AvgIpc) is 2.85. The summed E-state index contributed by atoms with van der Waals surface area (Å²) in [7, 11) is 0. The minimum absolute atomic E-state index is 0.0487. The monoisotopic (exact) mass is 477 g/mol. The molecule has 1 aliphatic rings. The standard InChI is InChI=1S/C26H22F3N5O/c1-15(2)34-9-10-35-25-21(28)11-17(12-23(25)34)24-22(29)14-31-26(33-24)32-18-3-4-19(20(27)13-18)16-5-7-30-8-6-16/h3-8,11-15H,9-10H2,1-2H3,(H,31,32,33). The number of benzene rings is 2. The quantitative estimate of drug-likeness (QED) is 0.382. The number of nitrogens with one attached hydrogen (secondary N) is 1. The maximum absolute atomic E-state index is 14.9. The molecule has 5 rings (SSSR count). The first-order chi connectivity index (χ1) is 16.9. The van der Waals surface area contributed by atoms with Crippen molar-refractivity contribution in [2.75, 3.05) is 23.4 Å². The highest BCUT2D eigenvalue weighted by Gasteiger charge is 2.25. The lowest BCUT2D eigenvalue weighted by Gasteiger charge is -2.34. The van der Waals surface area contributed by atoms with E-state index in [1.807, 2.05) is 18.7 Å². The van der Waals surface area contributed by atoms with Crippen molar-refractivity contribution in [2.24, 2.45) is 0 Å². The number of ether oxygens (including phenoxy) is 1. The molecular weight excluding hydrogens is 455 g/mol. The van der Waals surface area contributed by atoms with Crippen molar-refractivity contribution in [3.63, 3.8) is 0 Å². The molecule has 1 N–H and O–H groups in total. The number of aromatic nitrogens is 3. The van der Waals surface area contributed by atoms with Gasteiger partial charge >= 0.3 is 0 Å². The molecule has 4 aromatic rings. The predicted molar refractivity (Wildman–Crippen MR) is 128 cm³/mol. The van der Waals surface area contributed by atoms with E-state index in [1.165, 1.54) is 12.1 Å². The molecule has 0 aliphatic carbocycles. The Bertz CT molecular complexity index is 1380. The summed E-state index contributed by atoms with van der Waals surface area (Å²) >= 11 is 0. The van der Waals surface area contributed by atoms with Crippen LogP contribution in [0.25, 0.3) is 22.4 Å². The number of nitrogens with zero attached hydrogens (tertiary/aromatic N) is 4. The third-order valence-electron chi connectivity index (χ3n) is 5.77. The molecule has 0 bridgehead atoms. The van der Waals surface area contributed by atoms with E-state index < -0.39 is 17.5 Å². The van der Waals surface area contributed by atoms with Crippen molar-refractivity contribution in [2.45, 2.75) is 19.9 Å². The maximum Gasteiger partial charge on any atom is 0.227 e. The third-order valence-corrected chi connectivity index (χ3v) is 5.77. The van der Waals surface area contributed by atoms with Crippen molar-refractivity contribution in [1.82, 2.24) is 15.0 Å². The second-order valence-corrected chi connectivity index (χ2v) is 8.39. The minimum Gasteiger partial charge on any atom is -0.486 e. The molecule has 2 aromatic heterocycles. The number of hydrogen-bond acceptors (Lipinski definition) is 6. The van der Waals surface area contributed by atoms with E-state index in [0.29, 0.717) is 35.7 Å². The van der Waals surface area contributed by atoms with Crippen molar-refractivity contribution < 1.29 is 17.9 Å². The van der Waals surface area contributed by atoms with Crippen LogP contribution in [0.1, 0.15) is 13.8 Å². The second-order valence-electron chi connectivity index (χ2n) is 8.39. The molecule has 0 amide bonds. The molecule has 9 heteroatoms. The molecule has 0 unspecified atom stereocenters. The normalized spacial score (nSPS) is 12.9. The molecule has 3 heterocycles. The molecular formula is C26H22F3N5O. The van der Waals surface area contributed by atoms with Crippen LogP contribution in [0.5, 0.6) is 5.75 Å². The lowest BCUT2D eigenvalue weighted by atomic mass is 10.1. The van der Waals surface area contributed by atoms with Crippen LogP contribution in [0.4, 0.5) is 30.5 Å². The fourth-order valence-electron chi connectivity index (χ4n) is 4.09. The van der Waals surface area contributed by atoms with Gasteiger partial charge < -0.3 is 15.0 Å². The van der Waals surface area contributed by atoms with E-state index in [-0.39, 0.29) is 29.0 Å². The Hall–Kier alpha value is -4.14. The van der Waals surface area contributed by atoms with Gasteiger partial charge in [-0.25, -0.2) is 23.1 Å². The number of fused-ring (bicyclic) bond motifs is 1. The van der Waals surface area contributed by atoms with Gasteiger partial charge in [0.05, 0.1) is 18.4 Å². The van der Waals surface area contributed by atoms with Crippen molar-refractivity contribution in [1.29, 1.82) is 0 Å². The van der Waals surface area contributed by atoms with Crippen molar-refractivity contribution in [3.05, 3.63) is 78.5 Å². The SMILES string of the molecule is CC(C)N1CCOc2c(F)cc(-c3nc(Nc4ccc(-c5ccncc5)c(F)c4)ncc3F)cc21. The van der Waals surface area contributed by atoms with Gasteiger partial charge in [0.15, 0.2) is 17.4 Å². The van der Waals surface area contributed by atoms with Gasteiger partial charge in [0.1, 0.15) is 18.1 Å². The number of halogens is 3. The summed E-state index contributed by atoms with van der Waals surface area (Å²) in [5.41, 5.74) is 2.21. The van der Waals surface area contributed by atoms with Gasteiger partial charge in [0, 0.05) is 35.2 Å². The highest BCUT2D eigenvalue weighted by molar-refractivity contribution is 5.73. The smallest absolute Gasteiger partial charge is 0.227 e. The van der Waals surface area contributed by atoms with E-state index in [0.717, 1.165) is 6.20 Å². The summed E-state index contributed by atoms with van der Waals surface area (Å²) in [5, 5.41) is 2.89. The van der Waals surface area contributed by atoms with Crippen molar-refractivity contribution >= 4 is 17.3 Å². The lowest BCUT2D eigenvalue weighted by Crippen LogP contribution is -2.38. The Balaban J connectivity index is 1.47. The molecule has 35 heavy (non-hydrogen) atoms. The number of anilines is 3. The molecule has 0 atom stereocenters. The zero-order valence-corrected chi connectivity index (χ0v) is 19.1. The zero-order chi connectivity index (χ0) is 24.5. The van der Waals surface area contributed by atoms with E-state index in [2.05, 4.69) is 20.3 Å². The highest BCUT2D eigenvalue weighted by atomic mass is 19.1. The number of hydrogen-bond donors (Lipinski definition) is 1. The number of pyridine rings is 1. The van der Waals surface area contributed by atoms with E-state index in [1.54, 1.807) is 42.7 Å². The molecule has 6 nitrogen and oxygen atoms in total. The first kappa shape index (κ1) is 22.6. The van der Waals surface area contributed by atoms with Gasteiger partial charge in [-0.05, 0) is 61.9 Å².